The van der Waals surface area contributed by atoms with Crippen molar-refractivity contribution in [2.45, 2.75) is 6.92 Å². The number of amides is 1. The molecule has 1 aromatic rings. The van der Waals surface area contributed by atoms with Gasteiger partial charge in [0, 0.05) is 25.7 Å². The van der Waals surface area contributed by atoms with Gasteiger partial charge in [-0.25, -0.2) is 0 Å². The molecular weight excluding hydrogens is 228 g/mol. The molecule has 2 rings (SSSR count). The summed E-state index contributed by atoms with van der Waals surface area (Å²) >= 11 is 0. The van der Waals surface area contributed by atoms with Gasteiger partial charge in [0.1, 0.15) is 0 Å². The number of rotatable bonds is 3. The van der Waals surface area contributed by atoms with Gasteiger partial charge < -0.3 is 4.90 Å². The number of likely N-dealkylation sites (N-methyl/N-ethyl adjacent to an activating group) is 1. The number of carbonyl (C=O) groups is 2. The quantitative estimate of drug-likeness (QED) is 0.746. The Bertz CT molecular complexity index is 453. The van der Waals surface area contributed by atoms with E-state index in [0.29, 0.717) is 25.2 Å². The highest BCUT2D eigenvalue weighted by molar-refractivity contribution is 5.98. The summed E-state index contributed by atoms with van der Waals surface area (Å²) in [6, 6.07) is 7.55. The Labute approximate surface area is 107 Å². The van der Waals surface area contributed by atoms with Crippen molar-refractivity contribution >= 4 is 11.7 Å². The van der Waals surface area contributed by atoms with Crippen LogP contribution in [0.3, 0.4) is 0 Å². The summed E-state index contributed by atoms with van der Waals surface area (Å²) in [7, 11) is 1.79. The largest absolute Gasteiger partial charge is 0.343 e. The van der Waals surface area contributed by atoms with Gasteiger partial charge in [-0.05, 0) is 6.92 Å². The predicted octanol–water partition coefficient (Wildman–Crippen LogP) is 0.952. The van der Waals surface area contributed by atoms with Gasteiger partial charge in [-0.3, -0.25) is 14.5 Å². The van der Waals surface area contributed by atoms with Crippen LogP contribution in [-0.2, 0) is 4.79 Å². The fourth-order valence-electron chi connectivity index (χ4n) is 1.98. The van der Waals surface area contributed by atoms with Crippen molar-refractivity contribution in [3.63, 3.8) is 0 Å². The molecule has 96 valence electrons. The maximum Gasteiger partial charge on any atom is 0.236 e. The molecule has 0 unspecified atom stereocenters. The summed E-state index contributed by atoms with van der Waals surface area (Å²) in [5, 5.41) is 0. The van der Waals surface area contributed by atoms with Crippen LogP contribution in [0.2, 0.25) is 0 Å². The number of carbonyl (C=O) groups excluding carboxylic acids is 2. The van der Waals surface area contributed by atoms with Gasteiger partial charge in [0.15, 0.2) is 5.78 Å². The lowest BCUT2D eigenvalue weighted by atomic mass is 10.1. The number of hydrogen-bond donors (Lipinski definition) is 0. The van der Waals surface area contributed by atoms with Crippen molar-refractivity contribution in [1.82, 2.24) is 9.80 Å². The smallest absolute Gasteiger partial charge is 0.236 e. The highest BCUT2D eigenvalue weighted by Gasteiger charge is 2.22. The van der Waals surface area contributed by atoms with Crippen LogP contribution in [0, 0.1) is 6.92 Å². The standard InChI is InChI=1S/C14H18N2O2/c1-11-3-5-12(6-4-11)13(17)9-16-8-7-15(2)14(18)10-16/h3-6H,7-10H2,1-2H3. The first-order chi connectivity index (χ1) is 8.56. The van der Waals surface area contributed by atoms with Crippen LogP contribution in [0.1, 0.15) is 15.9 Å². The molecule has 0 saturated carbocycles. The van der Waals surface area contributed by atoms with Gasteiger partial charge in [-0.1, -0.05) is 29.8 Å². The summed E-state index contributed by atoms with van der Waals surface area (Å²) in [6.45, 7) is 4.12. The lowest BCUT2D eigenvalue weighted by Crippen LogP contribution is -2.49. The molecule has 0 bridgehead atoms. The molecule has 0 radical (unpaired) electrons. The van der Waals surface area contributed by atoms with Gasteiger partial charge >= 0.3 is 0 Å². The van der Waals surface area contributed by atoms with E-state index in [2.05, 4.69) is 0 Å². The van der Waals surface area contributed by atoms with Crippen LogP contribution in [0.25, 0.3) is 0 Å². The first-order valence-corrected chi connectivity index (χ1v) is 6.12. The monoisotopic (exact) mass is 246 g/mol. The Balaban J connectivity index is 1.95. The van der Waals surface area contributed by atoms with Crippen molar-refractivity contribution in [2.75, 3.05) is 33.2 Å². The molecule has 1 amide bonds. The molecule has 0 atom stereocenters. The van der Waals surface area contributed by atoms with Crippen LogP contribution in [-0.4, -0.2) is 54.7 Å². The van der Waals surface area contributed by atoms with Gasteiger partial charge in [0.25, 0.3) is 0 Å². The van der Waals surface area contributed by atoms with E-state index in [1.807, 2.05) is 36.1 Å². The molecule has 0 aliphatic carbocycles. The molecule has 1 heterocycles. The molecule has 0 spiro atoms. The lowest BCUT2D eigenvalue weighted by molar-refractivity contribution is -0.134. The zero-order valence-electron chi connectivity index (χ0n) is 10.8. The molecule has 0 N–H and O–H groups in total. The maximum absolute atomic E-state index is 12.0. The van der Waals surface area contributed by atoms with Gasteiger partial charge in [-0.2, -0.15) is 0 Å². The molecule has 4 heteroatoms. The maximum atomic E-state index is 12.0. The average Bonchev–Trinajstić information content (AvgIpc) is 2.34. The van der Waals surface area contributed by atoms with Crippen molar-refractivity contribution in [2.24, 2.45) is 0 Å². The van der Waals surface area contributed by atoms with Crippen LogP contribution >= 0.6 is 0 Å². The minimum atomic E-state index is 0.0763. The molecule has 1 aliphatic heterocycles. The van der Waals surface area contributed by atoms with Gasteiger partial charge in [0.05, 0.1) is 13.1 Å². The van der Waals surface area contributed by atoms with Crippen LogP contribution in [0.4, 0.5) is 0 Å². The SMILES string of the molecule is Cc1ccc(C(=O)CN2CCN(C)C(=O)C2)cc1. The third-order valence-corrected chi connectivity index (χ3v) is 3.28. The average molecular weight is 246 g/mol. The normalized spacial score (nSPS) is 17.0. The first-order valence-electron chi connectivity index (χ1n) is 6.12. The van der Waals surface area contributed by atoms with Crippen LogP contribution < -0.4 is 0 Å². The third kappa shape index (κ3) is 2.96. The Morgan fingerprint density at radius 3 is 2.50 bits per heavy atom. The van der Waals surface area contributed by atoms with E-state index in [1.165, 1.54) is 0 Å². The molecule has 1 aromatic carbocycles. The van der Waals surface area contributed by atoms with E-state index < -0.39 is 0 Å². The summed E-state index contributed by atoms with van der Waals surface area (Å²) in [4.78, 5) is 27.2. The lowest BCUT2D eigenvalue weighted by Gasteiger charge is -2.31. The first kappa shape index (κ1) is 12.8. The highest BCUT2D eigenvalue weighted by atomic mass is 16.2. The summed E-state index contributed by atoms with van der Waals surface area (Å²) < 4.78 is 0. The Morgan fingerprint density at radius 1 is 1.22 bits per heavy atom. The van der Waals surface area contributed by atoms with E-state index in [9.17, 15) is 9.59 Å². The van der Waals surface area contributed by atoms with E-state index in [-0.39, 0.29) is 11.7 Å². The van der Waals surface area contributed by atoms with E-state index in [1.54, 1.807) is 11.9 Å². The topological polar surface area (TPSA) is 40.6 Å². The second kappa shape index (κ2) is 5.31. The van der Waals surface area contributed by atoms with Crippen molar-refractivity contribution in [3.8, 4) is 0 Å². The number of aryl methyl sites for hydroxylation is 1. The number of benzene rings is 1. The van der Waals surface area contributed by atoms with E-state index in [0.717, 1.165) is 12.1 Å². The number of hydrogen-bond acceptors (Lipinski definition) is 3. The zero-order valence-corrected chi connectivity index (χ0v) is 10.8. The highest BCUT2D eigenvalue weighted by Crippen LogP contribution is 2.07. The van der Waals surface area contributed by atoms with Gasteiger partial charge in [-0.15, -0.1) is 0 Å². The molecule has 1 saturated heterocycles. The Morgan fingerprint density at radius 2 is 1.89 bits per heavy atom. The van der Waals surface area contributed by atoms with Crippen LogP contribution in [0.5, 0.6) is 0 Å². The Kier molecular flexibility index (Phi) is 3.77. The molecule has 1 aliphatic rings. The fourth-order valence-corrected chi connectivity index (χ4v) is 1.98. The van der Waals surface area contributed by atoms with Crippen molar-refractivity contribution in [1.29, 1.82) is 0 Å². The number of nitrogens with zero attached hydrogens (tertiary/aromatic N) is 2. The van der Waals surface area contributed by atoms with Crippen LogP contribution in [0.15, 0.2) is 24.3 Å². The molecule has 0 aromatic heterocycles. The molecule has 18 heavy (non-hydrogen) atoms. The number of Topliss-reactive ketones (excluding diaryl/α,β-unsaturated/α-hetero) is 1. The molecular formula is C14H18N2O2. The van der Waals surface area contributed by atoms with Crippen molar-refractivity contribution in [3.05, 3.63) is 35.4 Å². The third-order valence-electron chi connectivity index (χ3n) is 3.28. The predicted molar refractivity (Wildman–Crippen MR) is 69.6 cm³/mol. The Hall–Kier alpha value is -1.68. The summed E-state index contributed by atoms with van der Waals surface area (Å²) in [5.41, 5.74) is 1.85. The summed E-state index contributed by atoms with van der Waals surface area (Å²) in [6.07, 6.45) is 0. The van der Waals surface area contributed by atoms with Gasteiger partial charge in [0.2, 0.25) is 5.91 Å². The molecule has 1 fully saturated rings. The zero-order chi connectivity index (χ0) is 13.1. The number of ketones is 1. The molecule has 4 nitrogen and oxygen atoms in total. The van der Waals surface area contributed by atoms with E-state index >= 15 is 0 Å². The summed E-state index contributed by atoms with van der Waals surface area (Å²) in [5.74, 6) is 0.158. The minimum Gasteiger partial charge on any atom is -0.343 e. The fraction of sp³-hybridized carbons (Fsp3) is 0.429. The van der Waals surface area contributed by atoms with Crippen molar-refractivity contribution < 1.29 is 9.59 Å². The number of piperazine rings is 1. The second-order valence-corrected chi connectivity index (χ2v) is 4.82. The van der Waals surface area contributed by atoms with E-state index in [4.69, 9.17) is 0 Å². The second-order valence-electron chi connectivity index (χ2n) is 4.82. The minimum absolute atomic E-state index is 0.0763.